The second-order valence-corrected chi connectivity index (χ2v) is 3.73. The molecule has 0 atom stereocenters. The van der Waals surface area contributed by atoms with Gasteiger partial charge in [-0.05, 0) is 18.2 Å². The van der Waals surface area contributed by atoms with Gasteiger partial charge in [0.1, 0.15) is 12.2 Å². The lowest BCUT2D eigenvalue weighted by Crippen LogP contribution is -2.08. The summed E-state index contributed by atoms with van der Waals surface area (Å²) in [5, 5.41) is 19.8. The summed E-state index contributed by atoms with van der Waals surface area (Å²) < 4.78 is 1.90. The van der Waals surface area contributed by atoms with E-state index in [0.717, 1.165) is 24.5 Å². The zero-order valence-electron chi connectivity index (χ0n) is 9.59. The number of aromatic nitrogens is 3. The highest BCUT2D eigenvalue weighted by molar-refractivity contribution is 5.49. The minimum absolute atomic E-state index is 0.661. The maximum Gasteiger partial charge on any atom is 0.134 e. The molecular weight excluding hydrogens is 214 g/mol. The molecule has 0 bridgehead atoms. The highest BCUT2D eigenvalue weighted by Crippen LogP contribution is 2.09. The van der Waals surface area contributed by atoms with Gasteiger partial charge in [-0.3, -0.25) is 0 Å². The summed E-state index contributed by atoms with van der Waals surface area (Å²) in [6, 6.07) is 9.54. The molecule has 86 valence electrons. The Labute approximate surface area is 99.7 Å². The van der Waals surface area contributed by atoms with Gasteiger partial charge >= 0.3 is 0 Å². The van der Waals surface area contributed by atoms with Crippen LogP contribution in [0.1, 0.15) is 11.4 Å². The second-order valence-electron chi connectivity index (χ2n) is 3.73. The summed E-state index contributed by atoms with van der Waals surface area (Å²) >= 11 is 0. The largest absolute Gasteiger partial charge is 0.385 e. The molecule has 17 heavy (non-hydrogen) atoms. The van der Waals surface area contributed by atoms with E-state index in [1.165, 1.54) is 0 Å². The van der Waals surface area contributed by atoms with Crippen molar-refractivity contribution < 1.29 is 0 Å². The summed E-state index contributed by atoms with van der Waals surface area (Å²) in [4.78, 5) is 0. The van der Waals surface area contributed by atoms with Crippen LogP contribution < -0.4 is 5.32 Å². The van der Waals surface area contributed by atoms with E-state index in [-0.39, 0.29) is 0 Å². The Morgan fingerprint density at radius 3 is 3.06 bits per heavy atom. The molecule has 0 unspecified atom stereocenters. The molecule has 2 aromatic rings. The lowest BCUT2D eigenvalue weighted by molar-refractivity contribution is 0.788. The molecule has 0 amide bonds. The number of hydrogen-bond donors (Lipinski definition) is 1. The van der Waals surface area contributed by atoms with Crippen molar-refractivity contribution in [3.8, 4) is 6.07 Å². The Balaban J connectivity index is 1.90. The summed E-state index contributed by atoms with van der Waals surface area (Å²) in [7, 11) is 1.92. The molecule has 1 N–H and O–H groups in total. The fraction of sp³-hybridized carbons (Fsp3) is 0.250. The van der Waals surface area contributed by atoms with Crippen LogP contribution in [-0.2, 0) is 13.5 Å². The first-order valence-electron chi connectivity index (χ1n) is 5.36. The van der Waals surface area contributed by atoms with Crippen LogP contribution in [0.25, 0.3) is 0 Å². The van der Waals surface area contributed by atoms with Gasteiger partial charge in [0, 0.05) is 25.7 Å². The minimum atomic E-state index is 0.661. The summed E-state index contributed by atoms with van der Waals surface area (Å²) in [6.07, 6.45) is 2.49. The van der Waals surface area contributed by atoms with Crippen molar-refractivity contribution in [1.82, 2.24) is 14.8 Å². The number of nitriles is 1. The average molecular weight is 227 g/mol. The molecule has 1 aromatic carbocycles. The smallest absolute Gasteiger partial charge is 0.134 e. The quantitative estimate of drug-likeness (QED) is 0.856. The van der Waals surface area contributed by atoms with Crippen molar-refractivity contribution >= 4 is 5.69 Å². The molecular formula is C12H13N5. The van der Waals surface area contributed by atoms with Gasteiger partial charge in [0.15, 0.2) is 0 Å². The predicted molar refractivity (Wildman–Crippen MR) is 64.4 cm³/mol. The highest BCUT2D eigenvalue weighted by Gasteiger charge is 2.00. The van der Waals surface area contributed by atoms with Gasteiger partial charge in [-0.1, -0.05) is 6.07 Å². The topological polar surface area (TPSA) is 66.5 Å². The molecule has 2 rings (SSSR count). The third kappa shape index (κ3) is 2.82. The van der Waals surface area contributed by atoms with Gasteiger partial charge < -0.3 is 9.88 Å². The Kier molecular flexibility index (Phi) is 3.36. The van der Waals surface area contributed by atoms with Crippen molar-refractivity contribution in [1.29, 1.82) is 5.26 Å². The SMILES string of the molecule is Cn1cnnc1CCNc1cccc(C#N)c1. The minimum Gasteiger partial charge on any atom is -0.385 e. The van der Waals surface area contributed by atoms with E-state index in [1.54, 1.807) is 12.4 Å². The van der Waals surface area contributed by atoms with Crippen LogP contribution in [0.5, 0.6) is 0 Å². The van der Waals surface area contributed by atoms with Gasteiger partial charge in [0.25, 0.3) is 0 Å². The lowest BCUT2D eigenvalue weighted by Gasteiger charge is -2.05. The average Bonchev–Trinajstić information content (AvgIpc) is 2.76. The third-order valence-electron chi connectivity index (χ3n) is 2.47. The van der Waals surface area contributed by atoms with Gasteiger partial charge in [-0.2, -0.15) is 5.26 Å². The number of anilines is 1. The molecule has 0 radical (unpaired) electrons. The van der Waals surface area contributed by atoms with Crippen molar-refractivity contribution in [2.75, 3.05) is 11.9 Å². The standard InChI is InChI=1S/C12H13N5/c1-17-9-15-16-12(17)5-6-14-11-4-2-3-10(7-11)8-13/h2-4,7,9,14H,5-6H2,1H3. The zero-order valence-corrected chi connectivity index (χ0v) is 9.59. The van der Waals surface area contributed by atoms with Crippen molar-refractivity contribution in [3.63, 3.8) is 0 Å². The molecule has 0 saturated carbocycles. The van der Waals surface area contributed by atoms with Crippen LogP contribution >= 0.6 is 0 Å². The van der Waals surface area contributed by atoms with Gasteiger partial charge in [0.05, 0.1) is 11.6 Å². The second kappa shape index (κ2) is 5.12. The number of rotatable bonds is 4. The maximum absolute atomic E-state index is 8.77. The van der Waals surface area contributed by atoms with Crippen LogP contribution in [0.2, 0.25) is 0 Å². The fourth-order valence-electron chi connectivity index (χ4n) is 1.55. The van der Waals surface area contributed by atoms with Gasteiger partial charge in [-0.15, -0.1) is 10.2 Å². The lowest BCUT2D eigenvalue weighted by atomic mass is 10.2. The summed E-state index contributed by atoms with van der Waals surface area (Å²) in [5.41, 5.74) is 1.61. The number of hydrogen-bond acceptors (Lipinski definition) is 4. The van der Waals surface area contributed by atoms with Crippen molar-refractivity contribution in [2.24, 2.45) is 7.05 Å². The van der Waals surface area contributed by atoms with Crippen molar-refractivity contribution in [3.05, 3.63) is 42.0 Å². The predicted octanol–water partition coefficient (Wildman–Crippen LogP) is 1.34. The number of aryl methyl sites for hydroxylation is 1. The van der Waals surface area contributed by atoms with Crippen LogP contribution in [0, 0.1) is 11.3 Å². The highest BCUT2D eigenvalue weighted by atomic mass is 15.2. The van der Waals surface area contributed by atoms with Gasteiger partial charge in [-0.25, -0.2) is 0 Å². The first-order chi connectivity index (χ1) is 8.29. The molecule has 0 fully saturated rings. The van der Waals surface area contributed by atoms with E-state index in [9.17, 15) is 0 Å². The maximum atomic E-state index is 8.77. The van der Waals surface area contributed by atoms with E-state index in [4.69, 9.17) is 5.26 Å². The van der Waals surface area contributed by atoms with Crippen molar-refractivity contribution in [2.45, 2.75) is 6.42 Å². The molecule has 0 saturated heterocycles. The van der Waals surface area contributed by atoms with E-state index in [1.807, 2.05) is 29.8 Å². The molecule has 1 heterocycles. The molecule has 5 nitrogen and oxygen atoms in total. The molecule has 0 aliphatic carbocycles. The Morgan fingerprint density at radius 1 is 1.47 bits per heavy atom. The van der Waals surface area contributed by atoms with E-state index in [2.05, 4.69) is 21.6 Å². The number of nitrogens with zero attached hydrogens (tertiary/aromatic N) is 4. The molecule has 0 spiro atoms. The number of benzene rings is 1. The van der Waals surface area contributed by atoms with E-state index in [0.29, 0.717) is 5.56 Å². The normalized spacial score (nSPS) is 9.88. The monoisotopic (exact) mass is 227 g/mol. The van der Waals surface area contributed by atoms with Crippen LogP contribution in [0.15, 0.2) is 30.6 Å². The zero-order chi connectivity index (χ0) is 12.1. The first kappa shape index (κ1) is 11.1. The third-order valence-corrected chi connectivity index (χ3v) is 2.47. The first-order valence-corrected chi connectivity index (χ1v) is 5.36. The van der Waals surface area contributed by atoms with Gasteiger partial charge in [0.2, 0.25) is 0 Å². The Morgan fingerprint density at radius 2 is 2.35 bits per heavy atom. The fourth-order valence-corrected chi connectivity index (χ4v) is 1.55. The molecule has 0 aliphatic rings. The molecule has 5 heteroatoms. The molecule has 1 aromatic heterocycles. The Hall–Kier alpha value is -2.35. The van der Waals surface area contributed by atoms with Crippen LogP contribution in [0.4, 0.5) is 5.69 Å². The van der Waals surface area contributed by atoms with E-state index < -0.39 is 0 Å². The number of nitrogens with one attached hydrogen (secondary N) is 1. The van der Waals surface area contributed by atoms with Crippen LogP contribution in [0.3, 0.4) is 0 Å². The molecule has 0 aliphatic heterocycles. The van der Waals surface area contributed by atoms with E-state index >= 15 is 0 Å². The Bertz CT molecular complexity index is 538. The summed E-state index contributed by atoms with van der Waals surface area (Å²) in [5.74, 6) is 0.939. The van der Waals surface area contributed by atoms with Crippen LogP contribution in [-0.4, -0.2) is 21.3 Å². The summed E-state index contributed by atoms with van der Waals surface area (Å²) in [6.45, 7) is 0.765.